The molecule has 0 radical (unpaired) electrons. The minimum atomic E-state index is 0.0383. The van der Waals surface area contributed by atoms with Crippen LogP contribution in [0.25, 0.3) is 11.5 Å². The first-order valence-electron chi connectivity index (χ1n) is 8.49. The van der Waals surface area contributed by atoms with Crippen molar-refractivity contribution in [2.45, 2.75) is 19.3 Å². The molecule has 4 rings (SSSR count). The molecule has 6 nitrogen and oxygen atoms in total. The second-order valence-electron chi connectivity index (χ2n) is 6.32. The van der Waals surface area contributed by atoms with Gasteiger partial charge in [0.05, 0.1) is 11.8 Å². The molecular formula is C19H19N3O3. The third kappa shape index (κ3) is 3.47. The van der Waals surface area contributed by atoms with Crippen LogP contribution in [0.5, 0.6) is 0 Å². The summed E-state index contributed by atoms with van der Waals surface area (Å²) in [5.41, 5.74) is 1.55. The monoisotopic (exact) mass is 337 g/mol. The zero-order valence-electron chi connectivity index (χ0n) is 13.8. The van der Waals surface area contributed by atoms with Crippen molar-refractivity contribution in [3.63, 3.8) is 0 Å². The van der Waals surface area contributed by atoms with Crippen LogP contribution in [0.3, 0.4) is 0 Å². The number of furan rings is 1. The van der Waals surface area contributed by atoms with Gasteiger partial charge in [0, 0.05) is 25.1 Å². The predicted octanol–water partition coefficient (Wildman–Crippen LogP) is 3.42. The minimum Gasteiger partial charge on any atom is -0.472 e. The molecule has 1 aliphatic rings. The fourth-order valence-corrected chi connectivity index (χ4v) is 3.19. The van der Waals surface area contributed by atoms with Crippen LogP contribution in [-0.2, 0) is 6.42 Å². The van der Waals surface area contributed by atoms with Crippen LogP contribution in [0.1, 0.15) is 29.1 Å². The van der Waals surface area contributed by atoms with Gasteiger partial charge in [-0.1, -0.05) is 18.2 Å². The minimum absolute atomic E-state index is 0.0383. The Balaban J connectivity index is 1.33. The Kier molecular flexibility index (Phi) is 4.33. The molecule has 0 unspecified atom stereocenters. The fourth-order valence-electron chi connectivity index (χ4n) is 3.19. The van der Waals surface area contributed by atoms with Crippen molar-refractivity contribution in [3.05, 3.63) is 60.4 Å². The maximum atomic E-state index is 12.3. The summed E-state index contributed by atoms with van der Waals surface area (Å²) < 4.78 is 10.8. The molecule has 1 amide bonds. The number of benzene rings is 1. The van der Waals surface area contributed by atoms with Crippen molar-refractivity contribution in [3.8, 4) is 11.5 Å². The van der Waals surface area contributed by atoms with E-state index in [2.05, 4.69) is 10.2 Å². The van der Waals surface area contributed by atoms with E-state index < -0.39 is 0 Å². The second kappa shape index (κ2) is 6.93. The highest BCUT2D eigenvalue weighted by Crippen LogP contribution is 2.24. The topological polar surface area (TPSA) is 72.4 Å². The summed E-state index contributed by atoms with van der Waals surface area (Å²) in [7, 11) is 0. The van der Waals surface area contributed by atoms with Gasteiger partial charge in [-0.15, -0.1) is 10.2 Å². The summed E-state index contributed by atoms with van der Waals surface area (Å²) >= 11 is 0. The van der Waals surface area contributed by atoms with Crippen LogP contribution < -0.4 is 0 Å². The van der Waals surface area contributed by atoms with Gasteiger partial charge in [-0.25, -0.2) is 0 Å². The standard InChI is InChI=1S/C19H19N3O3/c23-19(16-8-11-24-13-16)22-9-6-14(7-10-22)12-17-20-21-18(25-17)15-4-2-1-3-5-15/h1-5,8,11,13-14H,6-7,9-10,12H2. The lowest BCUT2D eigenvalue weighted by molar-refractivity contribution is 0.0687. The number of carbonyl (C=O) groups excluding carboxylic acids is 1. The summed E-state index contributed by atoms with van der Waals surface area (Å²) in [6.07, 6.45) is 5.66. The van der Waals surface area contributed by atoms with Gasteiger partial charge in [-0.2, -0.15) is 0 Å². The molecule has 1 aliphatic heterocycles. The Morgan fingerprint density at radius 3 is 2.64 bits per heavy atom. The highest BCUT2D eigenvalue weighted by Gasteiger charge is 2.25. The first-order valence-corrected chi connectivity index (χ1v) is 8.49. The van der Waals surface area contributed by atoms with Gasteiger partial charge in [0.25, 0.3) is 5.91 Å². The maximum Gasteiger partial charge on any atom is 0.257 e. The molecule has 1 fully saturated rings. The van der Waals surface area contributed by atoms with Gasteiger partial charge in [-0.3, -0.25) is 4.79 Å². The van der Waals surface area contributed by atoms with Crippen molar-refractivity contribution in [2.75, 3.05) is 13.1 Å². The number of hydrogen-bond acceptors (Lipinski definition) is 5. The van der Waals surface area contributed by atoms with Gasteiger partial charge in [0.2, 0.25) is 11.8 Å². The molecule has 0 N–H and O–H groups in total. The van der Waals surface area contributed by atoms with E-state index in [9.17, 15) is 4.79 Å². The largest absolute Gasteiger partial charge is 0.472 e. The molecule has 6 heteroatoms. The van der Waals surface area contributed by atoms with Crippen LogP contribution in [-0.4, -0.2) is 34.1 Å². The lowest BCUT2D eigenvalue weighted by Gasteiger charge is -2.31. The number of nitrogens with zero attached hydrogens (tertiary/aromatic N) is 3. The number of aromatic nitrogens is 2. The summed E-state index contributed by atoms with van der Waals surface area (Å²) in [5, 5.41) is 8.31. The Morgan fingerprint density at radius 2 is 1.92 bits per heavy atom. The van der Waals surface area contributed by atoms with E-state index in [-0.39, 0.29) is 5.91 Å². The van der Waals surface area contributed by atoms with E-state index in [1.165, 1.54) is 12.5 Å². The van der Waals surface area contributed by atoms with Gasteiger partial charge in [0.1, 0.15) is 6.26 Å². The van der Waals surface area contributed by atoms with E-state index in [1.807, 2.05) is 35.2 Å². The first kappa shape index (κ1) is 15.6. The van der Waals surface area contributed by atoms with Crippen molar-refractivity contribution in [1.82, 2.24) is 15.1 Å². The lowest BCUT2D eigenvalue weighted by atomic mass is 9.93. The van der Waals surface area contributed by atoms with E-state index >= 15 is 0 Å². The van der Waals surface area contributed by atoms with Gasteiger partial charge in [-0.05, 0) is 37.0 Å². The average Bonchev–Trinajstić information content (AvgIpc) is 3.35. The molecule has 128 valence electrons. The third-order valence-electron chi connectivity index (χ3n) is 4.62. The Bertz CT molecular complexity index is 819. The van der Waals surface area contributed by atoms with E-state index in [0.29, 0.717) is 23.3 Å². The van der Waals surface area contributed by atoms with Crippen molar-refractivity contribution >= 4 is 5.91 Å². The second-order valence-corrected chi connectivity index (χ2v) is 6.32. The molecule has 1 aromatic carbocycles. The highest BCUT2D eigenvalue weighted by atomic mass is 16.4. The SMILES string of the molecule is O=C(c1ccoc1)N1CCC(Cc2nnc(-c3ccccc3)o2)CC1. The quantitative estimate of drug-likeness (QED) is 0.729. The molecule has 0 atom stereocenters. The Hall–Kier alpha value is -2.89. The van der Waals surface area contributed by atoms with Crippen LogP contribution in [0.4, 0.5) is 0 Å². The molecule has 3 heterocycles. The lowest BCUT2D eigenvalue weighted by Crippen LogP contribution is -2.38. The Morgan fingerprint density at radius 1 is 1.12 bits per heavy atom. The van der Waals surface area contributed by atoms with Crippen molar-refractivity contribution in [2.24, 2.45) is 5.92 Å². The summed E-state index contributed by atoms with van der Waals surface area (Å²) in [6.45, 7) is 1.49. The Labute approximate surface area is 145 Å². The molecule has 0 saturated carbocycles. The summed E-state index contributed by atoms with van der Waals surface area (Å²) in [5.74, 6) is 1.72. The number of hydrogen-bond donors (Lipinski definition) is 0. The molecule has 2 aromatic heterocycles. The number of likely N-dealkylation sites (tertiary alicyclic amines) is 1. The smallest absolute Gasteiger partial charge is 0.257 e. The third-order valence-corrected chi connectivity index (χ3v) is 4.62. The molecule has 25 heavy (non-hydrogen) atoms. The molecule has 0 spiro atoms. The fraction of sp³-hybridized carbons (Fsp3) is 0.316. The summed E-state index contributed by atoms with van der Waals surface area (Å²) in [4.78, 5) is 14.2. The van der Waals surface area contributed by atoms with Gasteiger partial charge in [0.15, 0.2) is 0 Å². The number of amides is 1. The highest BCUT2D eigenvalue weighted by molar-refractivity contribution is 5.93. The normalized spacial score (nSPS) is 15.4. The maximum absolute atomic E-state index is 12.3. The van der Waals surface area contributed by atoms with Crippen LogP contribution in [0.15, 0.2) is 57.8 Å². The molecule has 0 bridgehead atoms. The average molecular weight is 337 g/mol. The van der Waals surface area contributed by atoms with Crippen LogP contribution in [0, 0.1) is 5.92 Å². The number of rotatable bonds is 4. The van der Waals surface area contributed by atoms with Crippen LogP contribution >= 0.6 is 0 Å². The molecular weight excluding hydrogens is 318 g/mol. The zero-order valence-corrected chi connectivity index (χ0v) is 13.8. The van der Waals surface area contributed by atoms with Crippen molar-refractivity contribution < 1.29 is 13.6 Å². The molecule has 1 saturated heterocycles. The van der Waals surface area contributed by atoms with E-state index in [0.717, 1.165) is 37.9 Å². The number of piperidine rings is 1. The van der Waals surface area contributed by atoms with Gasteiger partial charge >= 0.3 is 0 Å². The van der Waals surface area contributed by atoms with E-state index in [4.69, 9.17) is 8.83 Å². The predicted molar refractivity (Wildman–Crippen MR) is 90.8 cm³/mol. The van der Waals surface area contributed by atoms with E-state index in [1.54, 1.807) is 6.07 Å². The van der Waals surface area contributed by atoms with Crippen molar-refractivity contribution in [1.29, 1.82) is 0 Å². The first-order chi connectivity index (χ1) is 12.3. The molecule has 3 aromatic rings. The van der Waals surface area contributed by atoms with Crippen LogP contribution in [0.2, 0.25) is 0 Å². The van der Waals surface area contributed by atoms with Gasteiger partial charge < -0.3 is 13.7 Å². The zero-order chi connectivity index (χ0) is 17.1. The molecule has 0 aliphatic carbocycles. The summed E-state index contributed by atoms with van der Waals surface area (Å²) in [6, 6.07) is 11.5. The number of carbonyl (C=O) groups is 1.